The number of hydrogen-bond donors (Lipinski definition) is 1. The molecule has 4 rings (SSSR count). The summed E-state index contributed by atoms with van der Waals surface area (Å²) < 4.78 is 16.5. The molecule has 0 saturated carbocycles. The fraction of sp³-hybridized carbons (Fsp3) is 0.519. The van der Waals surface area contributed by atoms with E-state index in [1.807, 2.05) is 65.2 Å². The van der Waals surface area contributed by atoms with Crippen molar-refractivity contribution >= 4 is 11.9 Å². The average Bonchev–Trinajstić information content (AvgIpc) is 3.29. The zero-order valence-corrected chi connectivity index (χ0v) is 23.0. The molecule has 204 valence electrons. The van der Waals surface area contributed by atoms with E-state index in [-0.39, 0.29) is 18.9 Å². The van der Waals surface area contributed by atoms with E-state index in [9.17, 15) is 4.79 Å². The van der Waals surface area contributed by atoms with Crippen molar-refractivity contribution in [2.24, 2.45) is 0 Å². The molecule has 3 aromatic rings. The average molecular weight is 524 g/mol. The Balaban J connectivity index is 1.45. The second kappa shape index (κ2) is 11.8. The van der Waals surface area contributed by atoms with E-state index in [4.69, 9.17) is 14.2 Å². The number of rotatable bonds is 8. The van der Waals surface area contributed by atoms with Gasteiger partial charge in [-0.05, 0) is 76.8 Å². The number of aryl methyl sites for hydroxylation is 3. The van der Waals surface area contributed by atoms with Crippen LogP contribution in [0.25, 0.3) is 11.4 Å². The van der Waals surface area contributed by atoms with Gasteiger partial charge < -0.3 is 24.0 Å². The molecule has 38 heavy (non-hydrogen) atoms. The summed E-state index contributed by atoms with van der Waals surface area (Å²) >= 11 is 0. The van der Waals surface area contributed by atoms with E-state index in [1.54, 1.807) is 12.0 Å². The fourth-order valence-corrected chi connectivity index (χ4v) is 4.33. The maximum Gasteiger partial charge on any atom is 0.410 e. The van der Waals surface area contributed by atoms with Gasteiger partial charge in [-0.25, -0.2) is 4.79 Å². The van der Waals surface area contributed by atoms with Crippen LogP contribution in [0.2, 0.25) is 0 Å². The molecule has 1 aliphatic rings. The number of nitrogens with one attached hydrogen (secondary N) is 1. The van der Waals surface area contributed by atoms with Gasteiger partial charge >= 0.3 is 6.09 Å². The van der Waals surface area contributed by atoms with Crippen LogP contribution in [0.15, 0.2) is 30.6 Å². The number of ether oxygens (including phenoxy) is 3. The number of amides is 1. The summed E-state index contributed by atoms with van der Waals surface area (Å²) in [5.74, 6) is 1.34. The van der Waals surface area contributed by atoms with Crippen molar-refractivity contribution in [1.82, 2.24) is 30.3 Å². The van der Waals surface area contributed by atoms with Crippen LogP contribution in [0.1, 0.15) is 44.5 Å². The van der Waals surface area contributed by atoms with Gasteiger partial charge in [0.25, 0.3) is 0 Å². The molecule has 0 bridgehead atoms. The van der Waals surface area contributed by atoms with Crippen LogP contribution in [0.4, 0.5) is 10.6 Å². The monoisotopic (exact) mass is 523 g/mol. The Morgan fingerprint density at radius 1 is 1.16 bits per heavy atom. The number of nitrogens with zero attached hydrogens (tertiary/aromatic N) is 6. The van der Waals surface area contributed by atoms with Gasteiger partial charge in [-0.2, -0.15) is 5.10 Å². The molecule has 1 unspecified atom stereocenters. The Hall–Kier alpha value is -3.73. The van der Waals surface area contributed by atoms with E-state index in [2.05, 4.69) is 30.3 Å². The maximum absolute atomic E-state index is 12.5. The number of piperazine rings is 1. The Morgan fingerprint density at radius 3 is 2.61 bits per heavy atom. The van der Waals surface area contributed by atoms with Gasteiger partial charge in [0.05, 0.1) is 6.20 Å². The molecule has 1 N–H and O–H groups in total. The van der Waals surface area contributed by atoms with Gasteiger partial charge in [0.15, 0.2) is 18.4 Å². The number of methoxy groups -OCH3 is 1. The Labute approximate surface area is 223 Å². The topological polar surface area (TPSA) is 119 Å². The first-order chi connectivity index (χ1) is 18.1. The van der Waals surface area contributed by atoms with E-state index < -0.39 is 5.60 Å². The van der Waals surface area contributed by atoms with E-state index in [0.29, 0.717) is 36.8 Å². The summed E-state index contributed by atoms with van der Waals surface area (Å²) in [6.07, 6.45) is 5.06. The van der Waals surface area contributed by atoms with E-state index in [0.717, 1.165) is 29.9 Å². The summed E-state index contributed by atoms with van der Waals surface area (Å²) in [6.45, 7) is 11.6. The molecule has 0 aromatic carbocycles. The van der Waals surface area contributed by atoms with Crippen molar-refractivity contribution in [3.05, 3.63) is 47.4 Å². The SMILES string of the molecule is COCOc1cc(CCc2cn[nH]c2C)cnc1-c1ccc(N2CCN(C(=O)OC(C)(C)C)C(C)C2)nn1. The molecule has 0 aliphatic carbocycles. The highest BCUT2D eigenvalue weighted by atomic mass is 16.7. The van der Waals surface area contributed by atoms with Gasteiger partial charge in [-0.1, -0.05) is 0 Å². The molecule has 4 heterocycles. The smallest absolute Gasteiger partial charge is 0.410 e. The van der Waals surface area contributed by atoms with Crippen molar-refractivity contribution in [3.8, 4) is 17.1 Å². The molecular formula is C27H37N7O4. The van der Waals surface area contributed by atoms with Crippen molar-refractivity contribution in [2.75, 3.05) is 38.4 Å². The highest BCUT2D eigenvalue weighted by molar-refractivity contribution is 5.69. The zero-order valence-electron chi connectivity index (χ0n) is 23.0. The van der Waals surface area contributed by atoms with Crippen molar-refractivity contribution < 1.29 is 19.0 Å². The summed E-state index contributed by atoms with van der Waals surface area (Å²) in [4.78, 5) is 21.1. The largest absolute Gasteiger partial charge is 0.465 e. The van der Waals surface area contributed by atoms with Crippen molar-refractivity contribution in [3.63, 3.8) is 0 Å². The number of H-pyrrole nitrogens is 1. The van der Waals surface area contributed by atoms with Crippen LogP contribution in [-0.2, 0) is 22.3 Å². The lowest BCUT2D eigenvalue weighted by Gasteiger charge is -2.40. The zero-order chi connectivity index (χ0) is 27.3. The number of carbonyl (C=O) groups excluding carboxylic acids is 1. The number of carbonyl (C=O) groups is 1. The summed E-state index contributed by atoms with van der Waals surface area (Å²) in [7, 11) is 1.58. The lowest BCUT2D eigenvalue weighted by molar-refractivity contribution is 0.0158. The molecule has 1 amide bonds. The molecule has 3 aromatic heterocycles. The third-order valence-corrected chi connectivity index (χ3v) is 6.33. The van der Waals surface area contributed by atoms with Crippen LogP contribution < -0.4 is 9.64 Å². The van der Waals surface area contributed by atoms with Gasteiger partial charge in [0, 0.05) is 44.7 Å². The quantitative estimate of drug-likeness (QED) is 0.440. The fourth-order valence-electron chi connectivity index (χ4n) is 4.33. The van der Waals surface area contributed by atoms with Gasteiger partial charge in [0.1, 0.15) is 17.0 Å². The minimum atomic E-state index is -0.522. The second-order valence-corrected chi connectivity index (χ2v) is 10.5. The first-order valence-electron chi connectivity index (χ1n) is 12.8. The molecule has 11 heteroatoms. The maximum atomic E-state index is 12.5. The number of anilines is 1. The van der Waals surface area contributed by atoms with Gasteiger partial charge in [-0.15, -0.1) is 10.2 Å². The van der Waals surface area contributed by atoms with Crippen LogP contribution in [0.5, 0.6) is 5.75 Å². The minimum Gasteiger partial charge on any atom is -0.465 e. The third kappa shape index (κ3) is 6.77. The number of aromatic amines is 1. The lowest BCUT2D eigenvalue weighted by atomic mass is 10.1. The molecule has 1 fully saturated rings. The van der Waals surface area contributed by atoms with Crippen LogP contribution in [0.3, 0.4) is 0 Å². The first kappa shape index (κ1) is 27.3. The van der Waals surface area contributed by atoms with Gasteiger partial charge in [0.2, 0.25) is 0 Å². The molecule has 0 radical (unpaired) electrons. The predicted molar refractivity (Wildman–Crippen MR) is 143 cm³/mol. The van der Waals surface area contributed by atoms with E-state index in [1.165, 1.54) is 5.56 Å². The third-order valence-electron chi connectivity index (χ3n) is 6.33. The summed E-state index contributed by atoms with van der Waals surface area (Å²) in [5, 5.41) is 16.0. The van der Waals surface area contributed by atoms with Crippen LogP contribution in [0, 0.1) is 6.92 Å². The Morgan fingerprint density at radius 2 is 1.97 bits per heavy atom. The minimum absolute atomic E-state index is 0.0193. The van der Waals surface area contributed by atoms with Gasteiger partial charge in [-0.3, -0.25) is 10.1 Å². The highest BCUT2D eigenvalue weighted by Gasteiger charge is 2.31. The second-order valence-electron chi connectivity index (χ2n) is 10.5. The molecule has 1 aliphatic heterocycles. The number of aromatic nitrogens is 5. The predicted octanol–water partition coefficient (Wildman–Crippen LogP) is 3.78. The Kier molecular flexibility index (Phi) is 8.45. The summed E-state index contributed by atoms with van der Waals surface area (Å²) in [5.41, 5.74) is 3.98. The van der Waals surface area contributed by atoms with Crippen molar-refractivity contribution in [1.29, 1.82) is 0 Å². The van der Waals surface area contributed by atoms with Crippen molar-refractivity contribution in [2.45, 2.75) is 59.1 Å². The normalized spacial score (nSPS) is 16.0. The molecule has 1 atom stereocenters. The number of hydrogen-bond acceptors (Lipinski definition) is 9. The van der Waals surface area contributed by atoms with E-state index >= 15 is 0 Å². The molecule has 11 nitrogen and oxygen atoms in total. The molecular weight excluding hydrogens is 486 g/mol. The summed E-state index contributed by atoms with van der Waals surface area (Å²) in [6, 6.07) is 5.78. The lowest BCUT2D eigenvalue weighted by Crippen LogP contribution is -2.55. The van der Waals surface area contributed by atoms with Crippen LogP contribution in [-0.4, -0.2) is 81.6 Å². The number of pyridine rings is 1. The first-order valence-corrected chi connectivity index (χ1v) is 12.8. The highest BCUT2D eigenvalue weighted by Crippen LogP contribution is 2.29. The van der Waals surface area contributed by atoms with Crippen LogP contribution >= 0.6 is 0 Å². The molecule has 0 spiro atoms. The Bertz CT molecular complexity index is 1220. The standard InChI is InChI=1S/C27H37N7O4/c1-18-16-33(11-12-34(18)26(35)38-27(3,4)5)24-10-9-22(31-32-24)25-23(37-17-36-6)13-20(14-28-25)7-8-21-15-29-30-19(21)2/h9-10,13-15,18H,7-8,11-12,16-17H2,1-6H3,(H,29,30). The molecule has 1 saturated heterocycles.